The molecule has 1 saturated heterocycles. The van der Waals surface area contributed by atoms with Crippen LogP contribution in [0.3, 0.4) is 0 Å². The van der Waals surface area contributed by atoms with Crippen molar-refractivity contribution in [3.63, 3.8) is 0 Å². The van der Waals surface area contributed by atoms with Crippen LogP contribution in [0.4, 0.5) is 5.69 Å². The topological polar surface area (TPSA) is 70.0 Å². The fraction of sp³-hybridized carbons (Fsp3) is 0.444. The average Bonchev–Trinajstić information content (AvgIpc) is 3.13. The van der Waals surface area contributed by atoms with Crippen LogP contribution in [0.25, 0.3) is 10.9 Å². The van der Waals surface area contributed by atoms with E-state index in [0.717, 1.165) is 53.6 Å². The van der Waals surface area contributed by atoms with Crippen LogP contribution in [-0.2, 0) is 6.54 Å². The summed E-state index contributed by atoms with van der Waals surface area (Å²) in [6.07, 6.45) is 4.25. The van der Waals surface area contributed by atoms with Crippen molar-refractivity contribution in [2.75, 3.05) is 18.4 Å². The highest BCUT2D eigenvalue weighted by Gasteiger charge is 2.21. The van der Waals surface area contributed by atoms with Gasteiger partial charge in [-0.3, -0.25) is 10.00 Å². The number of rotatable bonds is 4. The van der Waals surface area contributed by atoms with Gasteiger partial charge < -0.3 is 9.73 Å². The Kier molecular flexibility index (Phi) is 3.98. The van der Waals surface area contributed by atoms with Gasteiger partial charge in [0.2, 0.25) is 0 Å². The average molecular weight is 325 g/mol. The van der Waals surface area contributed by atoms with Gasteiger partial charge in [-0.1, -0.05) is 0 Å². The predicted molar refractivity (Wildman–Crippen MR) is 94.0 cm³/mol. The number of fused-ring (bicyclic) bond motifs is 1. The molecule has 1 fully saturated rings. The van der Waals surface area contributed by atoms with Gasteiger partial charge in [-0.15, -0.1) is 0 Å². The summed E-state index contributed by atoms with van der Waals surface area (Å²) in [5, 5.41) is 11.9. The van der Waals surface area contributed by atoms with Crippen LogP contribution in [0.15, 0.2) is 28.8 Å². The minimum absolute atomic E-state index is 0.455. The zero-order chi connectivity index (χ0) is 16.5. The van der Waals surface area contributed by atoms with E-state index in [2.05, 4.69) is 43.6 Å². The van der Waals surface area contributed by atoms with E-state index in [4.69, 9.17) is 4.42 Å². The SMILES string of the molecule is Cc1nc(CN2CCCC(Nc3ccc4[nH]ncc4c3)C2)c(C)o1. The molecule has 1 unspecified atom stereocenters. The van der Waals surface area contributed by atoms with Crippen molar-refractivity contribution in [3.8, 4) is 0 Å². The first-order chi connectivity index (χ1) is 11.7. The number of aromatic nitrogens is 3. The molecule has 0 aliphatic carbocycles. The second-order valence-corrected chi connectivity index (χ2v) is 6.63. The van der Waals surface area contributed by atoms with Crippen LogP contribution >= 0.6 is 0 Å². The summed E-state index contributed by atoms with van der Waals surface area (Å²) in [6, 6.07) is 6.80. The van der Waals surface area contributed by atoms with Crippen molar-refractivity contribution < 1.29 is 4.42 Å². The monoisotopic (exact) mass is 325 g/mol. The normalized spacial score (nSPS) is 19.0. The number of piperidine rings is 1. The standard InChI is InChI=1S/C18H23N5O/c1-12-18(20-13(2)24-12)11-23-7-3-4-16(10-23)21-15-5-6-17-14(8-15)9-19-22-17/h5-6,8-9,16,21H,3-4,7,10-11H2,1-2H3,(H,19,22). The number of anilines is 1. The fourth-order valence-electron chi connectivity index (χ4n) is 3.52. The minimum Gasteiger partial charge on any atom is -0.446 e. The molecule has 6 nitrogen and oxygen atoms in total. The van der Waals surface area contributed by atoms with Gasteiger partial charge in [-0.2, -0.15) is 5.10 Å². The quantitative estimate of drug-likeness (QED) is 0.770. The molecule has 0 radical (unpaired) electrons. The van der Waals surface area contributed by atoms with Crippen LogP contribution < -0.4 is 5.32 Å². The lowest BCUT2D eigenvalue weighted by molar-refractivity contribution is 0.206. The molecule has 2 N–H and O–H groups in total. The molecule has 4 rings (SSSR count). The summed E-state index contributed by atoms with van der Waals surface area (Å²) >= 11 is 0. The van der Waals surface area contributed by atoms with Crippen molar-refractivity contribution >= 4 is 16.6 Å². The fourth-order valence-corrected chi connectivity index (χ4v) is 3.52. The molecule has 24 heavy (non-hydrogen) atoms. The summed E-state index contributed by atoms with van der Waals surface area (Å²) in [6.45, 7) is 6.90. The number of aryl methyl sites for hydroxylation is 2. The molecule has 1 atom stereocenters. The number of hydrogen-bond donors (Lipinski definition) is 2. The molecule has 2 aromatic heterocycles. The second-order valence-electron chi connectivity index (χ2n) is 6.63. The molecule has 126 valence electrons. The van der Waals surface area contributed by atoms with Crippen LogP contribution in [0, 0.1) is 13.8 Å². The number of aromatic amines is 1. The Morgan fingerprint density at radius 2 is 2.29 bits per heavy atom. The van der Waals surface area contributed by atoms with Gasteiger partial charge in [-0.25, -0.2) is 4.98 Å². The first-order valence-corrected chi connectivity index (χ1v) is 8.52. The van der Waals surface area contributed by atoms with Gasteiger partial charge in [0, 0.05) is 37.1 Å². The van der Waals surface area contributed by atoms with Crippen molar-refractivity contribution in [3.05, 3.63) is 41.7 Å². The van der Waals surface area contributed by atoms with Gasteiger partial charge in [0.05, 0.1) is 17.4 Å². The van der Waals surface area contributed by atoms with Crippen LogP contribution in [0.5, 0.6) is 0 Å². The van der Waals surface area contributed by atoms with E-state index in [-0.39, 0.29) is 0 Å². The lowest BCUT2D eigenvalue weighted by Crippen LogP contribution is -2.41. The molecule has 0 amide bonds. The summed E-state index contributed by atoms with van der Waals surface area (Å²) in [7, 11) is 0. The molecule has 1 aromatic carbocycles. The van der Waals surface area contributed by atoms with Crippen LogP contribution in [0.1, 0.15) is 30.2 Å². The van der Waals surface area contributed by atoms with E-state index in [9.17, 15) is 0 Å². The van der Waals surface area contributed by atoms with Gasteiger partial charge in [0.25, 0.3) is 0 Å². The highest BCUT2D eigenvalue weighted by atomic mass is 16.4. The third-order valence-electron chi connectivity index (χ3n) is 4.69. The Balaban J connectivity index is 1.41. The van der Waals surface area contributed by atoms with Crippen LogP contribution in [0.2, 0.25) is 0 Å². The Bertz CT molecular complexity index is 837. The third kappa shape index (κ3) is 3.14. The van der Waals surface area contributed by atoms with E-state index in [1.165, 1.54) is 12.8 Å². The minimum atomic E-state index is 0.455. The molecular formula is C18H23N5O. The Morgan fingerprint density at radius 3 is 3.12 bits per heavy atom. The molecule has 3 heterocycles. The maximum atomic E-state index is 5.55. The molecule has 1 aliphatic rings. The first-order valence-electron chi connectivity index (χ1n) is 8.52. The van der Waals surface area contributed by atoms with Gasteiger partial charge in [-0.05, 0) is 44.5 Å². The maximum Gasteiger partial charge on any atom is 0.191 e. The summed E-state index contributed by atoms with van der Waals surface area (Å²) in [5.41, 5.74) is 3.29. The number of hydrogen-bond acceptors (Lipinski definition) is 5. The molecule has 0 bridgehead atoms. The summed E-state index contributed by atoms with van der Waals surface area (Å²) in [5.74, 6) is 1.69. The largest absolute Gasteiger partial charge is 0.446 e. The molecular weight excluding hydrogens is 302 g/mol. The highest BCUT2D eigenvalue weighted by Crippen LogP contribution is 2.21. The molecule has 3 aromatic rings. The first kappa shape index (κ1) is 15.2. The second kappa shape index (κ2) is 6.28. The van der Waals surface area contributed by atoms with Gasteiger partial charge >= 0.3 is 0 Å². The Morgan fingerprint density at radius 1 is 1.38 bits per heavy atom. The predicted octanol–water partition coefficient (Wildman–Crippen LogP) is 3.24. The number of oxazole rings is 1. The number of H-pyrrole nitrogens is 1. The third-order valence-corrected chi connectivity index (χ3v) is 4.69. The van der Waals surface area contributed by atoms with Crippen molar-refractivity contribution in [2.45, 2.75) is 39.3 Å². The van der Waals surface area contributed by atoms with E-state index in [0.29, 0.717) is 6.04 Å². The highest BCUT2D eigenvalue weighted by molar-refractivity contribution is 5.81. The smallest absolute Gasteiger partial charge is 0.191 e. The van der Waals surface area contributed by atoms with E-state index in [1.54, 1.807) is 0 Å². The number of nitrogens with one attached hydrogen (secondary N) is 2. The zero-order valence-electron chi connectivity index (χ0n) is 14.2. The zero-order valence-corrected chi connectivity index (χ0v) is 14.2. The van der Waals surface area contributed by atoms with Gasteiger partial charge in [0.1, 0.15) is 5.76 Å². The van der Waals surface area contributed by atoms with Crippen molar-refractivity contribution in [2.24, 2.45) is 0 Å². The summed E-state index contributed by atoms with van der Waals surface area (Å²) < 4.78 is 5.55. The van der Waals surface area contributed by atoms with E-state index < -0.39 is 0 Å². The van der Waals surface area contributed by atoms with E-state index in [1.807, 2.05) is 20.0 Å². The van der Waals surface area contributed by atoms with Crippen LogP contribution in [-0.4, -0.2) is 39.2 Å². The number of benzene rings is 1. The lowest BCUT2D eigenvalue weighted by atomic mass is 10.0. The van der Waals surface area contributed by atoms with E-state index >= 15 is 0 Å². The lowest BCUT2D eigenvalue weighted by Gasteiger charge is -2.33. The van der Waals surface area contributed by atoms with Gasteiger partial charge in [0.15, 0.2) is 5.89 Å². The number of likely N-dealkylation sites (tertiary alicyclic amines) is 1. The molecule has 0 saturated carbocycles. The Hall–Kier alpha value is -2.34. The number of nitrogens with zero attached hydrogens (tertiary/aromatic N) is 3. The van der Waals surface area contributed by atoms with Crippen molar-refractivity contribution in [1.82, 2.24) is 20.1 Å². The molecule has 6 heteroatoms. The molecule has 1 aliphatic heterocycles. The van der Waals surface area contributed by atoms with Crippen molar-refractivity contribution in [1.29, 1.82) is 0 Å². The summed E-state index contributed by atoms with van der Waals surface area (Å²) in [4.78, 5) is 6.96. The Labute approximate surface area is 141 Å². The molecule has 0 spiro atoms. The maximum absolute atomic E-state index is 5.55.